The molecule has 0 aliphatic rings. The molecule has 0 aliphatic carbocycles. The Balaban J connectivity index is 1.04. The number of benzene rings is 8. The molecule has 3 nitrogen and oxygen atoms in total. The predicted molar refractivity (Wildman–Crippen MR) is 296 cm³/mol. The van der Waals surface area contributed by atoms with Gasteiger partial charge in [0.25, 0.3) is 0 Å². The van der Waals surface area contributed by atoms with Gasteiger partial charge in [-0.1, -0.05) is 149 Å². The fourth-order valence-electron chi connectivity index (χ4n) is 9.86. The van der Waals surface area contributed by atoms with Crippen LogP contribution in [0.2, 0.25) is 0 Å². The summed E-state index contributed by atoms with van der Waals surface area (Å²) in [4.78, 5) is 14.2. The third-order valence-electron chi connectivity index (χ3n) is 13.4. The summed E-state index contributed by atoms with van der Waals surface area (Å²) in [6.07, 6.45) is 5.57. The van der Waals surface area contributed by atoms with Crippen molar-refractivity contribution in [2.75, 3.05) is 0 Å². The number of hydrogen-bond donors (Lipinski definition) is 0. The van der Waals surface area contributed by atoms with Crippen molar-refractivity contribution in [2.24, 2.45) is 0 Å². The van der Waals surface area contributed by atoms with Crippen molar-refractivity contribution >= 4 is 15.9 Å². The van der Waals surface area contributed by atoms with Crippen LogP contribution in [0, 0.1) is 26.6 Å². The van der Waals surface area contributed by atoms with Crippen LogP contribution in [0.3, 0.4) is 0 Å². The van der Waals surface area contributed by atoms with Gasteiger partial charge in [-0.2, -0.15) is 0 Å². The maximum absolute atomic E-state index is 13.7. The minimum absolute atomic E-state index is 0.255. The second-order valence-electron chi connectivity index (χ2n) is 18.0. The Morgan fingerprint density at radius 1 is 0.296 bits per heavy atom. The highest BCUT2D eigenvalue weighted by Gasteiger charge is 2.19. The Morgan fingerprint density at radius 3 is 1.11 bits per heavy atom. The predicted octanol–water partition coefficient (Wildman–Crippen LogP) is 18.4. The average Bonchev–Trinajstić information content (AvgIpc) is 3.41. The van der Waals surface area contributed by atoms with E-state index in [0.717, 1.165) is 111 Å². The van der Waals surface area contributed by atoms with Crippen LogP contribution in [0.15, 0.2) is 235 Å². The molecule has 71 heavy (non-hydrogen) atoms. The molecule has 5 heteroatoms. The molecule has 0 saturated heterocycles. The van der Waals surface area contributed by atoms with Crippen LogP contribution in [0.5, 0.6) is 0 Å². The van der Waals surface area contributed by atoms with Crippen molar-refractivity contribution in [3.63, 3.8) is 0 Å². The standard InChI is InChI=1S/C66H47BrFN3/c1-42-34-46(64-20-10-12-32-69-64)24-29-53(42)58-17-7-4-14-55(58)49-37-50(56-15-5-8-18-59(56)54-30-25-47(35-43(54)2)65-21-11-13-33-70-65)39-51(38-49)57-16-6-9-19-60(57)61-31-26-48(40-63(61)67)66-36-44(3)62(41-71-66)45-22-27-52(68)28-23-45/h4-41H,1-3H3. The Bertz CT molecular complexity index is 3600. The lowest BCUT2D eigenvalue weighted by Crippen LogP contribution is -1.94. The smallest absolute Gasteiger partial charge is 0.123 e. The van der Waals surface area contributed by atoms with E-state index in [1.165, 1.54) is 34.4 Å². The first-order chi connectivity index (χ1) is 34.8. The molecule has 0 atom stereocenters. The number of rotatable bonds is 10. The minimum Gasteiger partial charge on any atom is -0.256 e. The largest absolute Gasteiger partial charge is 0.256 e. The van der Waals surface area contributed by atoms with Gasteiger partial charge < -0.3 is 0 Å². The van der Waals surface area contributed by atoms with E-state index >= 15 is 0 Å². The summed E-state index contributed by atoms with van der Waals surface area (Å²) in [7, 11) is 0. The summed E-state index contributed by atoms with van der Waals surface area (Å²) >= 11 is 4.02. The molecule has 3 aromatic heterocycles. The van der Waals surface area contributed by atoms with Gasteiger partial charge in [-0.05, 0) is 189 Å². The zero-order chi connectivity index (χ0) is 48.4. The van der Waals surface area contributed by atoms with Crippen LogP contribution < -0.4 is 0 Å². The summed E-state index contributed by atoms with van der Waals surface area (Å²) in [6, 6.07) is 73.9. The van der Waals surface area contributed by atoms with Crippen molar-refractivity contribution < 1.29 is 4.39 Å². The minimum atomic E-state index is -0.255. The number of nitrogens with zero attached hydrogens (tertiary/aromatic N) is 3. The zero-order valence-electron chi connectivity index (χ0n) is 39.5. The molecule has 0 saturated carbocycles. The molecule has 11 aromatic rings. The van der Waals surface area contributed by atoms with Gasteiger partial charge in [0.15, 0.2) is 0 Å². The zero-order valence-corrected chi connectivity index (χ0v) is 41.1. The fraction of sp³-hybridized carbons (Fsp3) is 0.0455. The van der Waals surface area contributed by atoms with E-state index in [1.807, 2.05) is 42.9 Å². The molecule has 0 radical (unpaired) electrons. The van der Waals surface area contributed by atoms with Crippen molar-refractivity contribution in [1.82, 2.24) is 15.0 Å². The van der Waals surface area contributed by atoms with Crippen molar-refractivity contribution in [1.29, 1.82) is 0 Å². The maximum Gasteiger partial charge on any atom is 0.123 e. The number of aryl methyl sites for hydroxylation is 3. The van der Waals surface area contributed by atoms with E-state index in [9.17, 15) is 4.39 Å². The second kappa shape index (κ2) is 19.6. The highest BCUT2D eigenvalue weighted by Crippen LogP contribution is 2.45. The lowest BCUT2D eigenvalue weighted by molar-refractivity contribution is 0.628. The van der Waals surface area contributed by atoms with Crippen LogP contribution in [-0.4, -0.2) is 15.0 Å². The molecule has 11 rings (SSSR count). The molecule has 8 aromatic carbocycles. The van der Waals surface area contributed by atoms with E-state index < -0.39 is 0 Å². The molecule has 3 heterocycles. The van der Waals surface area contributed by atoms with Gasteiger partial charge in [-0.15, -0.1) is 0 Å². The summed E-state index contributed by atoms with van der Waals surface area (Å²) in [5, 5.41) is 0. The molecular formula is C66H47BrFN3. The number of hydrogen-bond acceptors (Lipinski definition) is 3. The van der Waals surface area contributed by atoms with Crippen LogP contribution >= 0.6 is 15.9 Å². The summed E-state index contributed by atoms with van der Waals surface area (Å²) in [6.45, 7) is 6.46. The van der Waals surface area contributed by atoms with Gasteiger partial charge in [0.2, 0.25) is 0 Å². The van der Waals surface area contributed by atoms with Crippen LogP contribution in [-0.2, 0) is 0 Å². The monoisotopic (exact) mass is 979 g/mol. The summed E-state index contributed by atoms with van der Waals surface area (Å²) in [5.41, 5.74) is 24.9. The number of pyridine rings is 3. The maximum atomic E-state index is 13.7. The topological polar surface area (TPSA) is 38.7 Å². The Kier molecular flexibility index (Phi) is 12.4. The van der Waals surface area contributed by atoms with Gasteiger partial charge in [0.05, 0.1) is 17.1 Å². The molecule has 0 N–H and O–H groups in total. The highest BCUT2D eigenvalue weighted by atomic mass is 79.9. The van der Waals surface area contributed by atoms with Crippen LogP contribution in [0.4, 0.5) is 4.39 Å². The molecule has 0 aliphatic heterocycles. The fourth-order valence-corrected chi connectivity index (χ4v) is 10.5. The SMILES string of the molecule is Cc1cc(-c2ccc(-c3ccccc3-c3cc(-c4ccccc4-c4ccc(-c5ccccn5)cc4C)cc(-c4ccccc4-c4ccc(-c5ccccn5)cc4C)c3)c(Br)c2)ncc1-c1ccc(F)cc1. The second-order valence-corrected chi connectivity index (χ2v) is 18.9. The number of aromatic nitrogens is 3. The summed E-state index contributed by atoms with van der Waals surface area (Å²) < 4.78 is 14.7. The Morgan fingerprint density at radius 2 is 0.690 bits per heavy atom. The summed E-state index contributed by atoms with van der Waals surface area (Å²) in [5.74, 6) is -0.255. The highest BCUT2D eigenvalue weighted by molar-refractivity contribution is 9.10. The molecule has 0 bridgehead atoms. The first-order valence-corrected chi connectivity index (χ1v) is 24.6. The molecule has 340 valence electrons. The first kappa shape index (κ1) is 45.1. The van der Waals surface area contributed by atoms with E-state index in [0.29, 0.717) is 0 Å². The van der Waals surface area contributed by atoms with Gasteiger partial charge in [-0.3, -0.25) is 15.0 Å². The lowest BCUT2D eigenvalue weighted by atomic mass is 9.85. The van der Waals surface area contributed by atoms with E-state index in [-0.39, 0.29) is 5.82 Å². The molecular weight excluding hydrogens is 934 g/mol. The van der Waals surface area contributed by atoms with E-state index in [2.05, 4.69) is 210 Å². The Labute approximate surface area is 423 Å². The van der Waals surface area contributed by atoms with Gasteiger partial charge in [-0.25, -0.2) is 4.39 Å². The van der Waals surface area contributed by atoms with Gasteiger partial charge in [0.1, 0.15) is 5.82 Å². The van der Waals surface area contributed by atoms with E-state index in [1.54, 1.807) is 12.1 Å². The molecule has 0 fully saturated rings. The Hall–Kier alpha value is -8.38. The van der Waals surface area contributed by atoms with E-state index in [4.69, 9.17) is 4.98 Å². The lowest BCUT2D eigenvalue weighted by Gasteiger charge is -2.19. The molecule has 0 spiro atoms. The van der Waals surface area contributed by atoms with Crippen LogP contribution in [0.25, 0.3) is 112 Å². The average molecular weight is 981 g/mol. The third-order valence-corrected chi connectivity index (χ3v) is 14.1. The quantitative estimate of drug-likeness (QED) is 0.137. The van der Waals surface area contributed by atoms with Gasteiger partial charge >= 0.3 is 0 Å². The molecule has 0 unspecified atom stereocenters. The van der Waals surface area contributed by atoms with Crippen molar-refractivity contribution in [2.45, 2.75) is 20.8 Å². The first-order valence-electron chi connectivity index (χ1n) is 23.8. The van der Waals surface area contributed by atoms with Crippen molar-refractivity contribution in [3.05, 3.63) is 258 Å². The number of halogens is 2. The van der Waals surface area contributed by atoms with Crippen LogP contribution in [0.1, 0.15) is 16.7 Å². The molecule has 0 amide bonds. The third kappa shape index (κ3) is 9.16. The van der Waals surface area contributed by atoms with Gasteiger partial charge in [0, 0.05) is 45.3 Å². The normalized spacial score (nSPS) is 11.2. The van der Waals surface area contributed by atoms with Crippen molar-refractivity contribution in [3.8, 4) is 112 Å².